The van der Waals surface area contributed by atoms with Crippen molar-refractivity contribution in [2.75, 3.05) is 20.1 Å². The van der Waals surface area contributed by atoms with Gasteiger partial charge in [-0.1, -0.05) is 0 Å². The Bertz CT molecular complexity index is 257. The van der Waals surface area contributed by atoms with Crippen LogP contribution in [0.2, 0.25) is 0 Å². The van der Waals surface area contributed by atoms with Crippen molar-refractivity contribution in [3.05, 3.63) is 0 Å². The number of carbonyl (C=O) groups is 1. The van der Waals surface area contributed by atoms with Gasteiger partial charge in [-0.15, -0.1) is 0 Å². The number of hydrogen-bond donors (Lipinski definition) is 0. The molecule has 0 saturated heterocycles. The molecule has 0 bridgehead atoms. The number of carbonyl (C=O) groups excluding carboxylic acids is 1. The number of rotatable bonds is 6. The average Bonchev–Trinajstić information content (AvgIpc) is 2.11. The first-order chi connectivity index (χ1) is 8.04. The van der Waals surface area contributed by atoms with Crippen molar-refractivity contribution in [3.63, 3.8) is 0 Å². The van der Waals surface area contributed by atoms with Crippen molar-refractivity contribution in [2.24, 2.45) is 0 Å². The summed E-state index contributed by atoms with van der Waals surface area (Å²) in [6, 6.07) is 0.0991. The standard InChI is InChI=1S/C12H23F3N2O/c1-9(2)17(10(3)4)11(18)8-16(5)7-6-12(13,14)15/h9-10H,6-8H2,1-5H3. The van der Waals surface area contributed by atoms with Crippen molar-refractivity contribution in [1.29, 1.82) is 0 Å². The summed E-state index contributed by atoms with van der Waals surface area (Å²) < 4.78 is 36.1. The van der Waals surface area contributed by atoms with Gasteiger partial charge in [-0.2, -0.15) is 13.2 Å². The Kier molecular flexibility index (Phi) is 6.67. The molecular weight excluding hydrogens is 245 g/mol. The molecule has 0 radical (unpaired) electrons. The summed E-state index contributed by atoms with van der Waals surface area (Å²) in [4.78, 5) is 15.1. The fraction of sp³-hybridized carbons (Fsp3) is 0.917. The first-order valence-electron chi connectivity index (χ1n) is 6.11. The number of likely N-dealkylation sites (N-methyl/N-ethyl adjacent to an activating group) is 1. The second kappa shape index (κ2) is 6.97. The summed E-state index contributed by atoms with van der Waals surface area (Å²) in [5.74, 6) is -0.135. The van der Waals surface area contributed by atoms with Crippen molar-refractivity contribution in [1.82, 2.24) is 9.80 Å². The van der Waals surface area contributed by atoms with Crippen LogP contribution in [0.3, 0.4) is 0 Å². The second-order valence-corrected chi connectivity index (χ2v) is 5.09. The van der Waals surface area contributed by atoms with Crippen LogP contribution in [-0.2, 0) is 4.79 Å². The molecule has 0 aromatic heterocycles. The van der Waals surface area contributed by atoms with Gasteiger partial charge in [0, 0.05) is 18.6 Å². The number of halogens is 3. The lowest BCUT2D eigenvalue weighted by molar-refractivity contribution is -0.143. The van der Waals surface area contributed by atoms with Crippen LogP contribution in [-0.4, -0.2) is 54.1 Å². The first-order valence-corrected chi connectivity index (χ1v) is 6.11. The molecule has 0 unspecified atom stereocenters. The minimum absolute atomic E-state index is 0.0203. The highest BCUT2D eigenvalue weighted by atomic mass is 19.4. The maximum atomic E-state index is 12.0. The number of alkyl halides is 3. The molecule has 0 aliphatic carbocycles. The third-order valence-electron chi connectivity index (χ3n) is 2.58. The molecule has 0 saturated carbocycles. The number of nitrogens with zero attached hydrogens (tertiary/aromatic N) is 2. The third kappa shape index (κ3) is 6.83. The maximum Gasteiger partial charge on any atom is 0.390 e. The van der Waals surface area contributed by atoms with Crippen LogP contribution >= 0.6 is 0 Å². The van der Waals surface area contributed by atoms with E-state index in [4.69, 9.17) is 0 Å². The van der Waals surface area contributed by atoms with Crippen LogP contribution < -0.4 is 0 Å². The monoisotopic (exact) mass is 268 g/mol. The largest absolute Gasteiger partial charge is 0.390 e. The topological polar surface area (TPSA) is 23.6 Å². The van der Waals surface area contributed by atoms with Gasteiger partial charge in [0.1, 0.15) is 0 Å². The molecule has 0 rings (SSSR count). The van der Waals surface area contributed by atoms with E-state index in [-0.39, 0.29) is 31.1 Å². The Morgan fingerprint density at radius 3 is 1.89 bits per heavy atom. The van der Waals surface area contributed by atoms with Crippen LogP contribution in [0.5, 0.6) is 0 Å². The SMILES string of the molecule is CC(C)N(C(=O)CN(C)CCC(F)(F)F)C(C)C. The predicted molar refractivity (Wildman–Crippen MR) is 65.3 cm³/mol. The van der Waals surface area contributed by atoms with Gasteiger partial charge in [0.2, 0.25) is 5.91 Å². The lowest BCUT2D eigenvalue weighted by Gasteiger charge is -2.32. The van der Waals surface area contributed by atoms with E-state index in [9.17, 15) is 18.0 Å². The van der Waals surface area contributed by atoms with Crippen LogP contribution in [0, 0.1) is 0 Å². The Hall–Kier alpha value is -0.780. The van der Waals surface area contributed by atoms with E-state index >= 15 is 0 Å². The van der Waals surface area contributed by atoms with Crippen LogP contribution in [0.15, 0.2) is 0 Å². The van der Waals surface area contributed by atoms with E-state index in [1.807, 2.05) is 27.7 Å². The molecular formula is C12H23F3N2O. The van der Waals surface area contributed by atoms with Crippen LogP contribution in [0.25, 0.3) is 0 Å². The van der Waals surface area contributed by atoms with Gasteiger partial charge in [0.25, 0.3) is 0 Å². The van der Waals surface area contributed by atoms with E-state index in [1.165, 1.54) is 11.9 Å². The predicted octanol–water partition coefficient (Wildman–Crippen LogP) is 2.52. The highest BCUT2D eigenvalue weighted by molar-refractivity contribution is 5.78. The van der Waals surface area contributed by atoms with Crippen LogP contribution in [0.4, 0.5) is 13.2 Å². The summed E-state index contributed by atoms with van der Waals surface area (Å²) >= 11 is 0. The molecule has 0 fully saturated rings. The molecule has 6 heteroatoms. The average molecular weight is 268 g/mol. The van der Waals surface area contributed by atoms with E-state index in [2.05, 4.69) is 0 Å². The van der Waals surface area contributed by atoms with E-state index in [1.54, 1.807) is 4.90 Å². The van der Waals surface area contributed by atoms with Gasteiger partial charge >= 0.3 is 6.18 Å². The second-order valence-electron chi connectivity index (χ2n) is 5.09. The van der Waals surface area contributed by atoms with Crippen molar-refractivity contribution < 1.29 is 18.0 Å². The number of hydrogen-bond acceptors (Lipinski definition) is 2. The van der Waals surface area contributed by atoms with Gasteiger partial charge in [0.05, 0.1) is 13.0 Å². The normalized spacial score (nSPS) is 12.6. The molecule has 0 N–H and O–H groups in total. The van der Waals surface area contributed by atoms with Gasteiger partial charge in [-0.05, 0) is 34.7 Å². The lowest BCUT2D eigenvalue weighted by atomic mass is 10.2. The third-order valence-corrected chi connectivity index (χ3v) is 2.58. The Balaban J connectivity index is 4.29. The minimum Gasteiger partial charge on any atom is -0.337 e. The Morgan fingerprint density at radius 2 is 1.56 bits per heavy atom. The minimum atomic E-state index is -4.17. The molecule has 0 aromatic carbocycles. The smallest absolute Gasteiger partial charge is 0.337 e. The van der Waals surface area contributed by atoms with E-state index in [0.29, 0.717) is 0 Å². The molecule has 3 nitrogen and oxygen atoms in total. The summed E-state index contributed by atoms with van der Waals surface area (Å²) in [6.07, 6.45) is -5.06. The van der Waals surface area contributed by atoms with Gasteiger partial charge in [-0.25, -0.2) is 0 Å². The highest BCUT2D eigenvalue weighted by Gasteiger charge is 2.28. The highest BCUT2D eigenvalue weighted by Crippen LogP contribution is 2.19. The molecule has 108 valence electrons. The van der Waals surface area contributed by atoms with E-state index < -0.39 is 12.6 Å². The summed E-state index contributed by atoms with van der Waals surface area (Å²) in [5, 5.41) is 0. The summed E-state index contributed by atoms with van der Waals surface area (Å²) in [5.41, 5.74) is 0. The van der Waals surface area contributed by atoms with Crippen LogP contribution in [0.1, 0.15) is 34.1 Å². The lowest BCUT2D eigenvalue weighted by Crippen LogP contribution is -2.46. The Morgan fingerprint density at radius 1 is 1.11 bits per heavy atom. The van der Waals surface area contributed by atoms with Crippen molar-refractivity contribution in [3.8, 4) is 0 Å². The molecule has 0 aromatic rings. The van der Waals surface area contributed by atoms with Gasteiger partial charge in [0.15, 0.2) is 0 Å². The molecule has 0 heterocycles. The molecule has 0 spiro atoms. The molecule has 1 amide bonds. The molecule has 0 aliphatic rings. The number of amides is 1. The molecule has 0 aliphatic heterocycles. The van der Waals surface area contributed by atoms with Crippen molar-refractivity contribution in [2.45, 2.75) is 52.4 Å². The zero-order chi connectivity index (χ0) is 14.5. The molecule has 0 atom stereocenters. The van der Waals surface area contributed by atoms with Gasteiger partial charge in [-0.3, -0.25) is 9.69 Å². The zero-order valence-electron chi connectivity index (χ0n) is 11.7. The fourth-order valence-electron chi connectivity index (χ4n) is 1.88. The van der Waals surface area contributed by atoms with E-state index in [0.717, 1.165) is 0 Å². The fourth-order valence-corrected chi connectivity index (χ4v) is 1.88. The quantitative estimate of drug-likeness (QED) is 0.739. The summed E-state index contributed by atoms with van der Waals surface area (Å²) in [7, 11) is 1.53. The summed E-state index contributed by atoms with van der Waals surface area (Å²) in [6.45, 7) is 7.45. The van der Waals surface area contributed by atoms with Crippen molar-refractivity contribution >= 4 is 5.91 Å². The first kappa shape index (κ1) is 17.2. The zero-order valence-corrected chi connectivity index (χ0v) is 11.7. The molecule has 18 heavy (non-hydrogen) atoms. The maximum absolute atomic E-state index is 12.0. The Labute approximate surface area is 107 Å². The van der Waals surface area contributed by atoms with Gasteiger partial charge < -0.3 is 4.90 Å².